The number of aromatic amines is 1. The summed E-state index contributed by atoms with van der Waals surface area (Å²) in [6, 6.07) is 5.23. The number of aromatic nitrogens is 1. The molecule has 1 heterocycles. The van der Waals surface area contributed by atoms with Crippen LogP contribution < -0.4 is 4.74 Å². The van der Waals surface area contributed by atoms with Crippen molar-refractivity contribution >= 4 is 22.8 Å². The normalized spacial score (nSPS) is 10.4. The number of fused-ring (bicyclic) bond motifs is 1. The average molecular weight is 291 g/mol. The van der Waals surface area contributed by atoms with Gasteiger partial charge in [0.25, 0.3) is 0 Å². The second-order valence-corrected chi connectivity index (χ2v) is 4.20. The van der Waals surface area contributed by atoms with E-state index < -0.39 is 11.9 Å². The van der Waals surface area contributed by atoms with Crippen LogP contribution in [-0.2, 0) is 9.47 Å². The molecule has 6 nitrogen and oxygen atoms in total. The monoisotopic (exact) mass is 291 g/mol. The SMILES string of the molecule is CCOC(=O)c1[nH]c2cccc(OC)c2c1C(=O)OCC. The third-order valence-corrected chi connectivity index (χ3v) is 2.96. The second-order valence-electron chi connectivity index (χ2n) is 4.20. The highest BCUT2D eigenvalue weighted by atomic mass is 16.5. The van der Waals surface area contributed by atoms with Gasteiger partial charge in [-0.2, -0.15) is 0 Å². The molecule has 1 aromatic carbocycles. The number of methoxy groups -OCH3 is 1. The molecule has 0 amide bonds. The van der Waals surface area contributed by atoms with Crippen molar-refractivity contribution in [2.45, 2.75) is 13.8 Å². The van der Waals surface area contributed by atoms with E-state index in [1.165, 1.54) is 7.11 Å². The molecular weight excluding hydrogens is 274 g/mol. The molecule has 0 saturated carbocycles. The van der Waals surface area contributed by atoms with E-state index in [0.29, 0.717) is 16.7 Å². The molecule has 0 aliphatic carbocycles. The Kier molecular flexibility index (Phi) is 4.47. The Balaban J connectivity index is 2.70. The summed E-state index contributed by atoms with van der Waals surface area (Å²) >= 11 is 0. The number of carbonyl (C=O) groups is 2. The van der Waals surface area contributed by atoms with Crippen LogP contribution in [0.3, 0.4) is 0 Å². The Labute approximate surface area is 122 Å². The topological polar surface area (TPSA) is 77.6 Å². The van der Waals surface area contributed by atoms with Gasteiger partial charge in [-0.3, -0.25) is 0 Å². The first kappa shape index (κ1) is 14.9. The van der Waals surface area contributed by atoms with Crippen molar-refractivity contribution in [1.29, 1.82) is 0 Å². The molecule has 0 fully saturated rings. The highest BCUT2D eigenvalue weighted by Crippen LogP contribution is 2.32. The fraction of sp³-hybridized carbons (Fsp3) is 0.333. The molecule has 112 valence electrons. The van der Waals surface area contributed by atoms with Crippen molar-refractivity contribution < 1.29 is 23.8 Å². The van der Waals surface area contributed by atoms with Crippen molar-refractivity contribution in [1.82, 2.24) is 4.98 Å². The maximum atomic E-state index is 12.2. The summed E-state index contributed by atoms with van der Waals surface area (Å²) in [5.41, 5.74) is 0.831. The van der Waals surface area contributed by atoms with E-state index in [9.17, 15) is 9.59 Å². The van der Waals surface area contributed by atoms with Crippen molar-refractivity contribution in [3.05, 3.63) is 29.5 Å². The van der Waals surface area contributed by atoms with Gasteiger partial charge in [-0.1, -0.05) is 6.07 Å². The summed E-state index contributed by atoms with van der Waals surface area (Å²) in [7, 11) is 1.50. The predicted octanol–water partition coefficient (Wildman–Crippen LogP) is 2.53. The summed E-state index contributed by atoms with van der Waals surface area (Å²) in [4.78, 5) is 27.2. The van der Waals surface area contributed by atoms with Crippen molar-refractivity contribution in [2.24, 2.45) is 0 Å². The zero-order chi connectivity index (χ0) is 15.4. The minimum atomic E-state index is -0.598. The Morgan fingerprint density at radius 1 is 1.10 bits per heavy atom. The quantitative estimate of drug-likeness (QED) is 0.856. The van der Waals surface area contributed by atoms with Gasteiger partial charge in [-0.25, -0.2) is 9.59 Å². The third kappa shape index (κ3) is 2.69. The molecule has 0 bridgehead atoms. The van der Waals surface area contributed by atoms with Gasteiger partial charge in [-0.15, -0.1) is 0 Å². The van der Waals surface area contributed by atoms with E-state index in [4.69, 9.17) is 14.2 Å². The average Bonchev–Trinajstić information content (AvgIpc) is 2.87. The molecule has 0 spiro atoms. The lowest BCUT2D eigenvalue weighted by Gasteiger charge is -2.06. The summed E-state index contributed by atoms with van der Waals surface area (Å²) in [5.74, 6) is -0.697. The van der Waals surface area contributed by atoms with Crippen LogP contribution in [0.5, 0.6) is 5.75 Å². The highest BCUT2D eigenvalue weighted by molar-refractivity contribution is 6.14. The lowest BCUT2D eigenvalue weighted by molar-refractivity contribution is 0.0477. The van der Waals surface area contributed by atoms with Crippen LogP contribution in [0, 0.1) is 0 Å². The molecule has 1 aromatic heterocycles. The predicted molar refractivity (Wildman–Crippen MR) is 76.8 cm³/mol. The summed E-state index contributed by atoms with van der Waals surface area (Å²) < 4.78 is 15.3. The maximum Gasteiger partial charge on any atom is 0.355 e. The number of hydrogen-bond donors (Lipinski definition) is 1. The Hall–Kier alpha value is -2.50. The van der Waals surface area contributed by atoms with E-state index in [-0.39, 0.29) is 24.5 Å². The van der Waals surface area contributed by atoms with Crippen LogP contribution in [-0.4, -0.2) is 37.2 Å². The molecule has 0 saturated heterocycles. The van der Waals surface area contributed by atoms with Gasteiger partial charge < -0.3 is 19.2 Å². The summed E-state index contributed by atoms with van der Waals surface area (Å²) in [6.45, 7) is 3.83. The van der Waals surface area contributed by atoms with Crippen molar-refractivity contribution in [3.63, 3.8) is 0 Å². The highest BCUT2D eigenvalue weighted by Gasteiger charge is 2.27. The van der Waals surface area contributed by atoms with Gasteiger partial charge in [0.2, 0.25) is 0 Å². The number of ether oxygens (including phenoxy) is 3. The van der Waals surface area contributed by atoms with Crippen LogP contribution >= 0.6 is 0 Å². The van der Waals surface area contributed by atoms with Crippen LogP contribution in [0.25, 0.3) is 10.9 Å². The van der Waals surface area contributed by atoms with E-state index in [1.807, 2.05) is 0 Å². The first-order chi connectivity index (χ1) is 10.1. The van der Waals surface area contributed by atoms with Crippen LogP contribution in [0.15, 0.2) is 18.2 Å². The van der Waals surface area contributed by atoms with Gasteiger partial charge in [0.1, 0.15) is 17.0 Å². The Morgan fingerprint density at radius 2 is 1.76 bits per heavy atom. The largest absolute Gasteiger partial charge is 0.496 e. The standard InChI is InChI=1S/C15H17NO5/c1-4-20-14(17)12-11-9(7-6-8-10(11)19-3)16-13(12)15(18)21-5-2/h6-8,16H,4-5H2,1-3H3. The first-order valence-corrected chi connectivity index (χ1v) is 6.66. The van der Waals surface area contributed by atoms with Gasteiger partial charge in [0, 0.05) is 0 Å². The number of rotatable bonds is 5. The number of hydrogen-bond acceptors (Lipinski definition) is 5. The van der Waals surface area contributed by atoms with E-state index in [2.05, 4.69) is 4.98 Å². The van der Waals surface area contributed by atoms with Crippen LogP contribution in [0.1, 0.15) is 34.7 Å². The van der Waals surface area contributed by atoms with Gasteiger partial charge in [0.15, 0.2) is 0 Å². The number of carbonyl (C=O) groups excluding carboxylic acids is 2. The molecule has 0 radical (unpaired) electrons. The summed E-state index contributed by atoms with van der Waals surface area (Å²) in [6.07, 6.45) is 0. The molecular formula is C15H17NO5. The number of nitrogens with one attached hydrogen (secondary N) is 1. The Bertz CT molecular complexity index is 674. The number of H-pyrrole nitrogens is 1. The minimum Gasteiger partial charge on any atom is -0.496 e. The first-order valence-electron chi connectivity index (χ1n) is 6.66. The van der Waals surface area contributed by atoms with E-state index in [1.54, 1.807) is 32.0 Å². The third-order valence-electron chi connectivity index (χ3n) is 2.96. The van der Waals surface area contributed by atoms with Crippen LogP contribution in [0.4, 0.5) is 0 Å². The fourth-order valence-electron chi connectivity index (χ4n) is 2.15. The van der Waals surface area contributed by atoms with Crippen molar-refractivity contribution in [2.75, 3.05) is 20.3 Å². The molecule has 21 heavy (non-hydrogen) atoms. The van der Waals surface area contributed by atoms with Gasteiger partial charge >= 0.3 is 11.9 Å². The molecule has 0 unspecified atom stereocenters. The molecule has 1 N–H and O–H groups in total. The zero-order valence-electron chi connectivity index (χ0n) is 12.2. The molecule has 0 atom stereocenters. The maximum absolute atomic E-state index is 12.2. The molecule has 0 aliphatic heterocycles. The molecule has 0 aliphatic rings. The second kappa shape index (κ2) is 6.30. The van der Waals surface area contributed by atoms with E-state index >= 15 is 0 Å². The summed E-state index contributed by atoms with van der Waals surface area (Å²) in [5, 5.41) is 0.515. The van der Waals surface area contributed by atoms with Gasteiger partial charge in [-0.05, 0) is 26.0 Å². The van der Waals surface area contributed by atoms with E-state index in [0.717, 1.165) is 0 Å². The minimum absolute atomic E-state index is 0.0785. The molecule has 2 rings (SSSR count). The fourth-order valence-corrected chi connectivity index (χ4v) is 2.15. The molecule has 2 aromatic rings. The lowest BCUT2D eigenvalue weighted by Crippen LogP contribution is -2.13. The van der Waals surface area contributed by atoms with Crippen LogP contribution in [0.2, 0.25) is 0 Å². The number of esters is 2. The molecule has 6 heteroatoms. The zero-order valence-corrected chi connectivity index (χ0v) is 12.2. The Morgan fingerprint density at radius 3 is 2.38 bits per heavy atom. The van der Waals surface area contributed by atoms with Crippen molar-refractivity contribution in [3.8, 4) is 5.75 Å². The number of benzene rings is 1. The smallest absolute Gasteiger partial charge is 0.355 e. The lowest BCUT2D eigenvalue weighted by atomic mass is 10.1. The van der Waals surface area contributed by atoms with Gasteiger partial charge in [0.05, 0.1) is 31.2 Å².